The van der Waals surface area contributed by atoms with E-state index in [2.05, 4.69) is 0 Å². The fourth-order valence-corrected chi connectivity index (χ4v) is 8.85. The van der Waals surface area contributed by atoms with E-state index in [4.69, 9.17) is 18.9 Å². The average molecular weight is 615 g/mol. The number of aliphatic hydroxyl groups is 1. The summed E-state index contributed by atoms with van der Waals surface area (Å²) in [4.78, 5) is 41.7. The largest absolute Gasteiger partial charge is 0.504 e. The number of phenolic OH excluding ortho intramolecular Hbond substituents is 2. The summed E-state index contributed by atoms with van der Waals surface area (Å²) in [5.41, 5.74) is 3.33. The molecule has 6 atom stereocenters. The van der Waals surface area contributed by atoms with Crippen molar-refractivity contribution in [3.05, 3.63) is 39.4 Å². The third kappa shape index (κ3) is 4.20. The number of fused-ring (bicyclic) bond motifs is 7. The Bertz CT molecular complexity index is 1560. The molecule has 4 aliphatic heterocycles. The molecule has 6 rings (SSSR count). The van der Waals surface area contributed by atoms with E-state index in [1.165, 1.54) is 21.1 Å². The van der Waals surface area contributed by atoms with E-state index in [-0.39, 0.29) is 40.9 Å². The van der Waals surface area contributed by atoms with Gasteiger partial charge in [-0.3, -0.25) is 19.4 Å². The number of aryl methyl sites for hydroxylation is 1. The number of Topliss-reactive ketones (excluding diaryl/α,β-unsaturated/α-hetero) is 1. The number of hydrogen-bond donors (Lipinski definition) is 3. The molecule has 4 aliphatic rings. The number of aliphatic hydroxyl groups excluding tert-OH is 1. The first-order valence-electron chi connectivity index (χ1n) is 13.9. The lowest BCUT2D eigenvalue weighted by atomic mass is 9.73. The van der Waals surface area contributed by atoms with Crippen LogP contribution in [0.25, 0.3) is 0 Å². The van der Waals surface area contributed by atoms with E-state index in [9.17, 15) is 29.7 Å². The average Bonchev–Trinajstić information content (AvgIpc) is 2.95. The Morgan fingerprint density at radius 2 is 1.72 bits per heavy atom. The van der Waals surface area contributed by atoms with Crippen molar-refractivity contribution in [3.8, 4) is 28.7 Å². The lowest BCUT2D eigenvalue weighted by Crippen LogP contribution is -2.69. The summed E-state index contributed by atoms with van der Waals surface area (Å²) in [6.45, 7) is 4.39. The third-order valence-electron chi connectivity index (χ3n) is 9.19. The number of aromatic hydroxyl groups is 2. The van der Waals surface area contributed by atoms with Gasteiger partial charge in [0.25, 0.3) is 0 Å². The lowest BCUT2D eigenvalue weighted by Gasteiger charge is -2.61. The molecule has 4 heterocycles. The highest BCUT2D eigenvalue weighted by molar-refractivity contribution is 8.00. The molecule has 0 spiro atoms. The summed E-state index contributed by atoms with van der Waals surface area (Å²) >= 11 is 1.13. The Hall–Kier alpha value is -3.52. The molecular formula is C30H34N2O10S. The molecule has 2 saturated heterocycles. The highest BCUT2D eigenvalue weighted by atomic mass is 32.2. The van der Waals surface area contributed by atoms with Crippen molar-refractivity contribution in [2.24, 2.45) is 0 Å². The van der Waals surface area contributed by atoms with Crippen LogP contribution in [0.2, 0.25) is 0 Å². The van der Waals surface area contributed by atoms with Crippen molar-refractivity contribution in [2.45, 2.75) is 62.8 Å². The first kappa shape index (κ1) is 29.5. The Morgan fingerprint density at radius 3 is 2.37 bits per heavy atom. The predicted molar refractivity (Wildman–Crippen MR) is 154 cm³/mol. The van der Waals surface area contributed by atoms with Crippen LogP contribution in [-0.2, 0) is 25.5 Å². The summed E-state index contributed by atoms with van der Waals surface area (Å²) < 4.78 is 22.4. The Morgan fingerprint density at radius 1 is 1.05 bits per heavy atom. The normalized spacial score (nSPS) is 28.3. The SMILES string of the molecule is COc1c(C)cc2c(c1O)[C@@H]1C3C4SCC(=O)C(=O)OCC(c5c(O)c(OC)c(C)c(OC(C)=O)c54)N3C(O)[C@H](C2)N1C. The maximum atomic E-state index is 12.8. The van der Waals surface area contributed by atoms with E-state index in [0.717, 1.165) is 22.9 Å². The Balaban J connectivity index is 1.70. The first-order chi connectivity index (χ1) is 20.4. The molecule has 3 N–H and O–H groups in total. The number of cyclic esters (lactones) is 1. The van der Waals surface area contributed by atoms with Gasteiger partial charge in [0.1, 0.15) is 18.6 Å². The molecule has 43 heavy (non-hydrogen) atoms. The molecule has 230 valence electrons. The van der Waals surface area contributed by atoms with Gasteiger partial charge >= 0.3 is 11.9 Å². The van der Waals surface area contributed by atoms with Gasteiger partial charge in [0.2, 0.25) is 5.78 Å². The maximum absolute atomic E-state index is 12.8. The quantitative estimate of drug-likeness (QED) is 0.263. The molecule has 12 nitrogen and oxygen atoms in total. The molecule has 4 bridgehead atoms. The second-order valence-corrected chi connectivity index (χ2v) is 12.5. The van der Waals surface area contributed by atoms with Gasteiger partial charge in [0.05, 0.1) is 43.3 Å². The third-order valence-corrected chi connectivity index (χ3v) is 10.5. The van der Waals surface area contributed by atoms with Crippen LogP contribution >= 0.6 is 11.8 Å². The fourth-order valence-electron chi connectivity index (χ4n) is 7.51. The number of phenols is 2. The minimum Gasteiger partial charge on any atom is -0.504 e. The second kappa shape index (κ2) is 10.6. The zero-order valence-corrected chi connectivity index (χ0v) is 25.5. The monoisotopic (exact) mass is 614 g/mol. The standard InChI is InChI=1S/C30H34N2O10S/c1-11-7-14-8-15-29(37)32-16-9-41-30(38)17(34)10-43-28(22(32)21(31(15)4)18(14)23(35)25(11)39-5)20-19(16)24(36)27(40-6)12(2)26(20)42-13(3)33/h7,15-16,21-22,28-29,35-37H,8-10H2,1-6H3/t15-,16?,21+,22?,28?,29?/m0/s1. The summed E-state index contributed by atoms with van der Waals surface area (Å²) in [7, 11) is 4.74. The highest BCUT2D eigenvalue weighted by Crippen LogP contribution is 2.63. The van der Waals surface area contributed by atoms with Crippen molar-refractivity contribution in [1.82, 2.24) is 9.80 Å². The van der Waals surface area contributed by atoms with Crippen molar-refractivity contribution in [2.75, 3.05) is 33.6 Å². The van der Waals surface area contributed by atoms with E-state index < -0.39 is 53.4 Å². The van der Waals surface area contributed by atoms with Crippen LogP contribution in [0.5, 0.6) is 28.7 Å². The number of thioether (sulfide) groups is 1. The van der Waals surface area contributed by atoms with Gasteiger partial charge in [-0.15, -0.1) is 11.8 Å². The zero-order valence-electron chi connectivity index (χ0n) is 24.7. The van der Waals surface area contributed by atoms with Crippen LogP contribution in [-0.4, -0.2) is 94.8 Å². The van der Waals surface area contributed by atoms with Crippen molar-refractivity contribution in [1.29, 1.82) is 0 Å². The second-order valence-electron chi connectivity index (χ2n) is 11.4. The molecule has 13 heteroatoms. The Kier molecular flexibility index (Phi) is 7.27. The number of methoxy groups -OCH3 is 2. The van der Waals surface area contributed by atoms with Crippen LogP contribution in [0.1, 0.15) is 57.6 Å². The molecule has 0 aromatic heterocycles. The van der Waals surface area contributed by atoms with Crippen molar-refractivity contribution >= 4 is 29.5 Å². The minimum absolute atomic E-state index is 0.0150. The molecule has 2 fully saturated rings. The van der Waals surface area contributed by atoms with Crippen molar-refractivity contribution < 1.29 is 48.7 Å². The smallest absolute Gasteiger partial charge is 0.375 e. The number of hydrogen-bond acceptors (Lipinski definition) is 13. The van der Waals surface area contributed by atoms with Gasteiger partial charge in [-0.05, 0) is 38.4 Å². The highest BCUT2D eigenvalue weighted by Gasteiger charge is 2.60. The molecule has 4 unspecified atom stereocenters. The molecule has 0 aliphatic carbocycles. The van der Waals surface area contributed by atoms with Crippen LogP contribution < -0.4 is 14.2 Å². The minimum atomic E-state index is -1.11. The van der Waals surface area contributed by atoms with E-state index in [1.54, 1.807) is 11.8 Å². The number of nitrogens with zero attached hydrogens (tertiary/aromatic N) is 2. The predicted octanol–water partition coefficient (Wildman–Crippen LogP) is 2.21. The number of piperazine rings is 1. The van der Waals surface area contributed by atoms with E-state index >= 15 is 0 Å². The number of carbonyl (C=O) groups excluding carboxylic acids is 3. The molecule has 0 saturated carbocycles. The summed E-state index contributed by atoms with van der Waals surface area (Å²) in [6.07, 6.45) is -0.703. The number of esters is 2. The number of ketones is 1. The van der Waals surface area contributed by atoms with Crippen molar-refractivity contribution in [3.63, 3.8) is 0 Å². The topological polar surface area (TPSA) is 155 Å². The molecular weight excluding hydrogens is 580 g/mol. The fraction of sp³-hybridized carbons (Fsp3) is 0.500. The lowest BCUT2D eigenvalue weighted by molar-refractivity contribution is -0.184. The van der Waals surface area contributed by atoms with Gasteiger partial charge in [-0.1, -0.05) is 6.07 Å². The van der Waals surface area contributed by atoms with Gasteiger partial charge in [-0.2, -0.15) is 0 Å². The maximum Gasteiger partial charge on any atom is 0.375 e. The molecule has 0 radical (unpaired) electrons. The van der Waals surface area contributed by atoms with Crippen LogP contribution in [0.4, 0.5) is 0 Å². The molecule has 0 amide bonds. The number of ether oxygens (including phenoxy) is 4. The molecule has 2 aromatic rings. The van der Waals surface area contributed by atoms with Crippen LogP contribution in [0.3, 0.4) is 0 Å². The summed E-state index contributed by atoms with van der Waals surface area (Å²) in [5.74, 6) is -2.28. The van der Waals surface area contributed by atoms with Crippen LogP contribution in [0, 0.1) is 13.8 Å². The van der Waals surface area contributed by atoms with Gasteiger partial charge in [0, 0.05) is 35.2 Å². The van der Waals surface area contributed by atoms with Gasteiger partial charge in [0.15, 0.2) is 23.0 Å². The number of benzene rings is 2. The number of carbonyl (C=O) groups is 3. The summed E-state index contributed by atoms with van der Waals surface area (Å²) in [5, 5.41) is 34.6. The summed E-state index contributed by atoms with van der Waals surface area (Å²) in [6, 6.07) is -0.625. The first-order valence-corrected chi connectivity index (χ1v) is 15.0. The molecule has 2 aromatic carbocycles. The Labute approximate surface area is 252 Å². The van der Waals surface area contributed by atoms with E-state index in [1.807, 2.05) is 24.9 Å². The number of likely N-dealkylation sites (N-methyl/N-ethyl adjacent to an activating group) is 1. The van der Waals surface area contributed by atoms with Gasteiger partial charge in [-0.25, -0.2) is 4.79 Å². The zero-order chi connectivity index (χ0) is 31.1. The van der Waals surface area contributed by atoms with Crippen LogP contribution in [0.15, 0.2) is 6.07 Å². The van der Waals surface area contributed by atoms with Gasteiger partial charge < -0.3 is 34.3 Å². The number of rotatable bonds is 3. The van der Waals surface area contributed by atoms with E-state index in [0.29, 0.717) is 28.9 Å².